The average molecular weight is 342 g/mol. The highest BCUT2D eigenvalue weighted by atomic mass is 127. The molecule has 4 heteroatoms. The van der Waals surface area contributed by atoms with Crippen molar-refractivity contribution >= 4 is 22.6 Å². The van der Waals surface area contributed by atoms with E-state index in [2.05, 4.69) is 33.9 Å². The molecule has 1 fully saturated rings. The van der Waals surface area contributed by atoms with Gasteiger partial charge in [0.2, 0.25) is 0 Å². The summed E-state index contributed by atoms with van der Waals surface area (Å²) in [4.78, 5) is 0. The molecule has 0 unspecified atom stereocenters. The van der Waals surface area contributed by atoms with Crippen LogP contribution < -0.4 is 0 Å². The Morgan fingerprint density at radius 3 is 2.41 bits per heavy atom. The van der Waals surface area contributed by atoms with Crippen LogP contribution in [0.5, 0.6) is 0 Å². The van der Waals surface area contributed by atoms with Crippen LogP contribution in [0, 0.1) is 9.39 Å². The molecule has 88 valence electrons. The molecule has 17 heavy (non-hydrogen) atoms. The van der Waals surface area contributed by atoms with E-state index in [1.54, 1.807) is 0 Å². The van der Waals surface area contributed by atoms with Crippen LogP contribution in [-0.4, -0.2) is 9.78 Å². The van der Waals surface area contributed by atoms with Crippen molar-refractivity contribution in [3.05, 3.63) is 51.6 Å². The van der Waals surface area contributed by atoms with Gasteiger partial charge in [0.05, 0.1) is 15.3 Å². The molecule has 1 aromatic heterocycles. The number of hydrogen-bond donors (Lipinski definition) is 0. The van der Waals surface area contributed by atoms with E-state index < -0.39 is 0 Å². The predicted molar refractivity (Wildman–Crippen MR) is 72.3 cm³/mol. The molecule has 3 rings (SSSR count). The molecule has 0 saturated heterocycles. The largest absolute Gasteiger partial charge is 0.261 e. The van der Waals surface area contributed by atoms with Gasteiger partial charge in [-0.05, 0) is 59.5 Å². The molecule has 0 amide bonds. The monoisotopic (exact) mass is 342 g/mol. The molecule has 1 aliphatic carbocycles. The fourth-order valence-corrected chi connectivity index (χ4v) is 2.85. The van der Waals surface area contributed by atoms with E-state index in [1.165, 1.54) is 18.6 Å². The van der Waals surface area contributed by atoms with Crippen molar-refractivity contribution < 1.29 is 4.39 Å². The summed E-state index contributed by atoms with van der Waals surface area (Å²) in [7, 11) is 0. The first-order chi connectivity index (χ1) is 8.21. The van der Waals surface area contributed by atoms with Crippen molar-refractivity contribution in [3.63, 3.8) is 0 Å². The lowest BCUT2D eigenvalue weighted by Crippen LogP contribution is -2.42. The van der Waals surface area contributed by atoms with Crippen LogP contribution in [0.2, 0.25) is 0 Å². The van der Waals surface area contributed by atoms with E-state index in [-0.39, 0.29) is 11.4 Å². The first kappa shape index (κ1) is 11.2. The summed E-state index contributed by atoms with van der Waals surface area (Å²) in [6.07, 6.45) is 7.29. The van der Waals surface area contributed by atoms with Gasteiger partial charge in [-0.1, -0.05) is 12.1 Å². The summed E-state index contributed by atoms with van der Waals surface area (Å²) < 4.78 is 16.1. The lowest BCUT2D eigenvalue weighted by atomic mass is 9.72. The van der Waals surface area contributed by atoms with E-state index in [1.807, 2.05) is 23.0 Å². The van der Waals surface area contributed by atoms with Crippen LogP contribution in [0.1, 0.15) is 24.8 Å². The maximum atomic E-state index is 13.0. The SMILES string of the molecule is Fc1ccc(C2(n3cc(I)cn3)CCC2)cc1. The van der Waals surface area contributed by atoms with Crippen LogP contribution in [-0.2, 0) is 5.54 Å². The molecular formula is C13H12FIN2. The van der Waals surface area contributed by atoms with Crippen molar-refractivity contribution in [1.29, 1.82) is 0 Å². The molecule has 0 radical (unpaired) electrons. The Balaban J connectivity index is 2.05. The summed E-state index contributed by atoms with van der Waals surface area (Å²) in [6, 6.07) is 6.82. The fourth-order valence-electron chi connectivity index (χ4n) is 2.46. The predicted octanol–water partition coefficient (Wildman–Crippen LogP) is 3.55. The van der Waals surface area contributed by atoms with Gasteiger partial charge < -0.3 is 0 Å². The van der Waals surface area contributed by atoms with Gasteiger partial charge in [-0.2, -0.15) is 5.10 Å². The zero-order chi connectivity index (χ0) is 11.9. The van der Waals surface area contributed by atoms with Crippen molar-refractivity contribution in [2.75, 3.05) is 0 Å². The first-order valence-electron chi connectivity index (χ1n) is 5.67. The van der Waals surface area contributed by atoms with E-state index in [0.717, 1.165) is 22.0 Å². The zero-order valence-electron chi connectivity index (χ0n) is 9.24. The molecule has 1 aliphatic rings. The quantitative estimate of drug-likeness (QED) is 0.764. The van der Waals surface area contributed by atoms with Gasteiger partial charge in [0, 0.05) is 6.20 Å². The molecule has 1 saturated carbocycles. The number of rotatable bonds is 2. The average Bonchev–Trinajstić information content (AvgIpc) is 2.67. The Morgan fingerprint density at radius 1 is 1.24 bits per heavy atom. The number of aromatic nitrogens is 2. The minimum atomic E-state index is -0.182. The molecule has 2 nitrogen and oxygen atoms in total. The van der Waals surface area contributed by atoms with E-state index >= 15 is 0 Å². The summed E-state index contributed by atoms with van der Waals surface area (Å²) in [5.41, 5.74) is 1.11. The Hall–Kier alpha value is -0.910. The molecular weight excluding hydrogens is 330 g/mol. The second-order valence-corrected chi connectivity index (χ2v) is 5.74. The van der Waals surface area contributed by atoms with Crippen LogP contribution in [0.4, 0.5) is 4.39 Å². The van der Waals surface area contributed by atoms with Gasteiger partial charge in [-0.25, -0.2) is 4.39 Å². The van der Waals surface area contributed by atoms with Gasteiger partial charge in [-0.15, -0.1) is 0 Å². The van der Waals surface area contributed by atoms with Gasteiger partial charge in [0.15, 0.2) is 0 Å². The Morgan fingerprint density at radius 2 is 1.94 bits per heavy atom. The minimum Gasteiger partial charge on any atom is -0.261 e. The highest BCUT2D eigenvalue weighted by Crippen LogP contribution is 2.44. The van der Waals surface area contributed by atoms with Crippen molar-refractivity contribution in [2.45, 2.75) is 24.8 Å². The fraction of sp³-hybridized carbons (Fsp3) is 0.308. The molecule has 2 aromatic rings. The van der Waals surface area contributed by atoms with Crippen LogP contribution in [0.3, 0.4) is 0 Å². The zero-order valence-corrected chi connectivity index (χ0v) is 11.4. The first-order valence-corrected chi connectivity index (χ1v) is 6.75. The Labute approximate surface area is 113 Å². The highest BCUT2D eigenvalue weighted by molar-refractivity contribution is 14.1. The summed E-state index contributed by atoms with van der Waals surface area (Å²) >= 11 is 2.26. The third-order valence-electron chi connectivity index (χ3n) is 3.55. The van der Waals surface area contributed by atoms with Crippen molar-refractivity contribution in [1.82, 2.24) is 9.78 Å². The molecule has 0 spiro atoms. The Kier molecular flexibility index (Phi) is 2.69. The normalized spacial score (nSPS) is 17.8. The second kappa shape index (κ2) is 4.08. The summed E-state index contributed by atoms with van der Waals surface area (Å²) in [5, 5.41) is 4.42. The van der Waals surface area contributed by atoms with Crippen LogP contribution in [0.25, 0.3) is 0 Å². The van der Waals surface area contributed by atoms with Crippen LogP contribution in [0.15, 0.2) is 36.7 Å². The van der Waals surface area contributed by atoms with E-state index in [4.69, 9.17) is 0 Å². The smallest absolute Gasteiger partial charge is 0.123 e. The number of nitrogens with zero attached hydrogens (tertiary/aromatic N) is 2. The van der Waals surface area contributed by atoms with Gasteiger partial charge in [0.1, 0.15) is 5.82 Å². The number of hydrogen-bond acceptors (Lipinski definition) is 1. The van der Waals surface area contributed by atoms with Gasteiger partial charge in [-0.3, -0.25) is 4.68 Å². The summed E-state index contributed by atoms with van der Waals surface area (Å²) in [5.74, 6) is -0.182. The third-order valence-corrected chi connectivity index (χ3v) is 4.11. The molecule has 0 bridgehead atoms. The Bertz CT molecular complexity index is 529. The highest BCUT2D eigenvalue weighted by Gasteiger charge is 2.41. The number of benzene rings is 1. The molecule has 1 aromatic carbocycles. The topological polar surface area (TPSA) is 17.8 Å². The minimum absolute atomic E-state index is 0.0445. The van der Waals surface area contributed by atoms with E-state index in [9.17, 15) is 4.39 Å². The maximum Gasteiger partial charge on any atom is 0.123 e. The molecule has 0 atom stereocenters. The standard InChI is InChI=1S/C13H12FIN2/c14-11-4-2-10(3-5-11)13(6-1-7-13)17-9-12(15)8-16-17/h2-5,8-9H,1,6-7H2. The van der Waals surface area contributed by atoms with Gasteiger partial charge >= 0.3 is 0 Å². The van der Waals surface area contributed by atoms with Crippen molar-refractivity contribution in [3.8, 4) is 0 Å². The lowest BCUT2D eigenvalue weighted by Gasteiger charge is -2.42. The number of halogens is 2. The maximum absolute atomic E-state index is 13.0. The molecule has 0 aliphatic heterocycles. The summed E-state index contributed by atoms with van der Waals surface area (Å²) in [6.45, 7) is 0. The third kappa shape index (κ3) is 1.78. The lowest BCUT2D eigenvalue weighted by molar-refractivity contribution is 0.176. The van der Waals surface area contributed by atoms with Gasteiger partial charge in [0.25, 0.3) is 0 Å². The molecule has 0 N–H and O–H groups in total. The van der Waals surface area contributed by atoms with E-state index in [0.29, 0.717) is 0 Å². The van der Waals surface area contributed by atoms with Crippen LogP contribution >= 0.6 is 22.6 Å². The van der Waals surface area contributed by atoms with Crippen molar-refractivity contribution in [2.24, 2.45) is 0 Å². The molecule has 1 heterocycles. The second-order valence-electron chi connectivity index (χ2n) is 4.50.